The van der Waals surface area contributed by atoms with Gasteiger partial charge in [-0.3, -0.25) is 4.79 Å². The van der Waals surface area contributed by atoms with Crippen LogP contribution in [0.2, 0.25) is 0 Å². The Bertz CT molecular complexity index is 943. The van der Waals surface area contributed by atoms with Gasteiger partial charge in [0.25, 0.3) is 5.91 Å². The summed E-state index contributed by atoms with van der Waals surface area (Å²) in [7, 11) is 1.77. The number of methoxy groups -OCH3 is 1. The van der Waals surface area contributed by atoms with E-state index in [4.69, 9.17) is 20.4 Å². The Morgan fingerprint density at radius 3 is 2.69 bits per heavy atom. The molecule has 8 nitrogen and oxygen atoms in total. The quantitative estimate of drug-likeness (QED) is 0.593. The molecule has 4 rings (SSSR count). The number of nitrogens with zero attached hydrogens (tertiary/aromatic N) is 3. The molecule has 0 spiro atoms. The van der Waals surface area contributed by atoms with Crippen LogP contribution in [0.15, 0.2) is 18.2 Å². The van der Waals surface area contributed by atoms with Crippen molar-refractivity contribution >= 4 is 22.8 Å². The lowest BCUT2D eigenvalue weighted by molar-refractivity contribution is 0.0533. The van der Waals surface area contributed by atoms with E-state index < -0.39 is 6.17 Å². The molecule has 174 valence electrons. The average Bonchev–Trinajstić information content (AvgIpc) is 2.78. The Hall–Kier alpha value is -2.29. The van der Waals surface area contributed by atoms with Gasteiger partial charge in [0.15, 0.2) is 11.5 Å². The summed E-state index contributed by atoms with van der Waals surface area (Å²) < 4.78 is 5.89. The van der Waals surface area contributed by atoms with Crippen molar-refractivity contribution in [2.24, 2.45) is 5.73 Å². The molecule has 1 saturated heterocycles. The van der Waals surface area contributed by atoms with E-state index in [-0.39, 0.29) is 12.0 Å². The molecule has 4 N–H and O–H groups in total. The average molecular weight is 441 g/mol. The molecular formula is C24H36N6O2. The molecule has 0 bridgehead atoms. The van der Waals surface area contributed by atoms with Crippen molar-refractivity contribution in [2.75, 3.05) is 25.1 Å². The number of fused-ring (bicyclic) bond motifs is 1. The zero-order valence-electron chi connectivity index (χ0n) is 19.4. The minimum Gasteiger partial charge on any atom is -0.378 e. The molecule has 32 heavy (non-hydrogen) atoms. The molecule has 3 atom stereocenters. The maximum absolute atomic E-state index is 13.0. The smallest absolute Gasteiger partial charge is 0.274 e. The van der Waals surface area contributed by atoms with Gasteiger partial charge < -0.3 is 26.0 Å². The number of anilines is 1. The number of carbonyl (C=O) groups excluding carboxylic acids is 1. The van der Waals surface area contributed by atoms with Gasteiger partial charge in [-0.2, -0.15) is 0 Å². The summed E-state index contributed by atoms with van der Waals surface area (Å²) >= 11 is 0. The highest BCUT2D eigenvalue weighted by molar-refractivity contribution is 5.99. The normalized spacial score (nSPS) is 23.3. The predicted octanol–water partition coefficient (Wildman–Crippen LogP) is 2.49. The van der Waals surface area contributed by atoms with Crippen LogP contribution in [0.4, 0.5) is 5.82 Å². The summed E-state index contributed by atoms with van der Waals surface area (Å²) in [4.78, 5) is 24.7. The number of hydrogen-bond acceptors (Lipinski definition) is 7. The second-order valence-electron chi connectivity index (χ2n) is 9.27. The Morgan fingerprint density at radius 2 is 1.97 bits per heavy atom. The van der Waals surface area contributed by atoms with E-state index in [0.29, 0.717) is 35.7 Å². The molecule has 1 amide bonds. The summed E-state index contributed by atoms with van der Waals surface area (Å²) in [5.74, 6) is 0.292. The molecule has 8 heteroatoms. The Morgan fingerprint density at radius 1 is 1.19 bits per heavy atom. The second-order valence-corrected chi connectivity index (χ2v) is 9.27. The number of ether oxygens (including phenoxy) is 1. The highest BCUT2D eigenvalue weighted by Crippen LogP contribution is 2.27. The third-order valence-electron chi connectivity index (χ3n) is 6.59. The number of aryl methyl sites for hydroxylation is 1. The van der Waals surface area contributed by atoms with Crippen molar-refractivity contribution in [2.45, 2.75) is 76.7 Å². The highest BCUT2D eigenvalue weighted by Gasteiger charge is 2.34. The number of carbonyl (C=O) groups is 1. The highest BCUT2D eigenvalue weighted by atomic mass is 16.5. The van der Waals surface area contributed by atoms with E-state index in [1.54, 1.807) is 14.0 Å². The summed E-state index contributed by atoms with van der Waals surface area (Å²) in [5, 5.41) is 6.62. The maximum Gasteiger partial charge on any atom is 0.274 e. The van der Waals surface area contributed by atoms with Gasteiger partial charge in [-0.05, 0) is 50.8 Å². The van der Waals surface area contributed by atoms with E-state index in [2.05, 4.69) is 15.5 Å². The zero-order valence-corrected chi connectivity index (χ0v) is 19.4. The lowest BCUT2D eigenvalue weighted by atomic mass is 9.92. The fourth-order valence-electron chi connectivity index (χ4n) is 4.91. The van der Waals surface area contributed by atoms with Crippen LogP contribution >= 0.6 is 0 Å². The van der Waals surface area contributed by atoms with Gasteiger partial charge in [-0.15, -0.1) is 0 Å². The van der Waals surface area contributed by atoms with E-state index in [1.807, 2.05) is 25.1 Å². The fourth-order valence-corrected chi connectivity index (χ4v) is 4.91. The lowest BCUT2D eigenvalue weighted by Crippen LogP contribution is -2.56. The van der Waals surface area contributed by atoms with Gasteiger partial charge >= 0.3 is 0 Å². The van der Waals surface area contributed by atoms with E-state index in [1.165, 1.54) is 32.1 Å². The first-order chi connectivity index (χ1) is 15.4. The molecule has 0 radical (unpaired) electrons. The number of aromatic nitrogens is 2. The van der Waals surface area contributed by atoms with Crippen molar-refractivity contribution in [3.05, 3.63) is 29.5 Å². The molecule has 1 aliphatic heterocycles. The van der Waals surface area contributed by atoms with Crippen LogP contribution in [0, 0.1) is 6.92 Å². The number of rotatable bonds is 6. The van der Waals surface area contributed by atoms with Gasteiger partial charge in [-0.1, -0.05) is 25.3 Å². The first-order valence-corrected chi connectivity index (χ1v) is 11.8. The van der Waals surface area contributed by atoms with Crippen molar-refractivity contribution in [3.8, 4) is 0 Å². The number of nitrogens with two attached hydrogens (primary N) is 1. The number of hydrogen-bond donors (Lipinski definition) is 3. The van der Waals surface area contributed by atoms with Crippen molar-refractivity contribution in [1.82, 2.24) is 20.6 Å². The largest absolute Gasteiger partial charge is 0.378 e. The first-order valence-electron chi connectivity index (χ1n) is 11.8. The Kier molecular flexibility index (Phi) is 7.23. The molecule has 1 saturated carbocycles. The summed E-state index contributed by atoms with van der Waals surface area (Å²) in [6.07, 6.45) is 6.92. The fraction of sp³-hybridized carbons (Fsp3) is 0.625. The van der Waals surface area contributed by atoms with Gasteiger partial charge in [-0.25, -0.2) is 9.97 Å². The molecule has 1 aromatic heterocycles. The molecule has 2 heterocycles. The first kappa shape index (κ1) is 22.9. The second kappa shape index (κ2) is 10.1. The Labute approximate surface area is 190 Å². The van der Waals surface area contributed by atoms with E-state index >= 15 is 0 Å². The molecule has 2 fully saturated rings. The summed E-state index contributed by atoms with van der Waals surface area (Å²) in [5.41, 5.74) is 8.70. The lowest BCUT2D eigenvalue weighted by Gasteiger charge is -2.41. The topological polar surface area (TPSA) is 105 Å². The van der Waals surface area contributed by atoms with Crippen LogP contribution in [0.1, 0.15) is 61.5 Å². The third kappa shape index (κ3) is 5.19. The van der Waals surface area contributed by atoms with Gasteiger partial charge in [0.05, 0.1) is 23.3 Å². The monoisotopic (exact) mass is 440 g/mol. The standard InChI is InChI=1S/C24H36N6O2/c1-15-9-10-18-20(13-15)28-22(24(31)26-16(2)25)23(29-18)30-12-11-19(21(14-30)32-3)27-17-7-5-4-6-8-17/h9-10,13,16-17,19,21,27H,4-8,11-12,14,25H2,1-3H3,(H,26,31)/t16?,19-,21+/m1/s1. The molecular weight excluding hydrogens is 404 g/mol. The Balaban J connectivity index is 1.60. The minimum absolute atomic E-state index is 0.0190. The van der Waals surface area contributed by atoms with Crippen LogP contribution in [-0.2, 0) is 4.74 Å². The van der Waals surface area contributed by atoms with Gasteiger partial charge in [0, 0.05) is 32.3 Å². The predicted molar refractivity (Wildman–Crippen MR) is 127 cm³/mol. The SMILES string of the molecule is CO[C@H]1CN(c2nc3ccc(C)cc3nc2C(=O)NC(C)N)CC[C@H]1NC1CCCCC1. The number of piperidine rings is 1. The molecule has 1 aliphatic carbocycles. The van der Waals surface area contributed by atoms with Gasteiger partial charge in [0.1, 0.15) is 0 Å². The van der Waals surface area contributed by atoms with Crippen molar-refractivity contribution in [1.29, 1.82) is 0 Å². The van der Waals surface area contributed by atoms with E-state index in [0.717, 1.165) is 24.0 Å². The zero-order chi connectivity index (χ0) is 22.7. The molecule has 2 aromatic rings. The van der Waals surface area contributed by atoms with Crippen LogP contribution in [0.25, 0.3) is 11.0 Å². The minimum atomic E-state index is -0.470. The summed E-state index contributed by atoms with van der Waals surface area (Å²) in [6.45, 7) is 5.18. The molecule has 1 unspecified atom stereocenters. The van der Waals surface area contributed by atoms with Crippen LogP contribution in [0.5, 0.6) is 0 Å². The van der Waals surface area contributed by atoms with Crippen LogP contribution in [0.3, 0.4) is 0 Å². The summed E-state index contributed by atoms with van der Waals surface area (Å²) in [6, 6.07) is 6.80. The van der Waals surface area contributed by atoms with Crippen molar-refractivity contribution in [3.63, 3.8) is 0 Å². The number of amides is 1. The van der Waals surface area contributed by atoms with Gasteiger partial charge in [0.2, 0.25) is 0 Å². The molecule has 2 aliphatic rings. The van der Waals surface area contributed by atoms with Crippen LogP contribution in [-0.4, -0.2) is 60.4 Å². The third-order valence-corrected chi connectivity index (χ3v) is 6.59. The molecule has 1 aromatic carbocycles. The number of benzene rings is 1. The number of nitrogens with one attached hydrogen (secondary N) is 2. The maximum atomic E-state index is 13.0. The van der Waals surface area contributed by atoms with Crippen LogP contribution < -0.4 is 21.3 Å². The van der Waals surface area contributed by atoms with E-state index in [9.17, 15) is 4.79 Å². The van der Waals surface area contributed by atoms with Crippen molar-refractivity contribution < 1.29 is 9.53 Å².